The molecule has 2 heterocycles. The first-order chi connectivity index (χ1) is 7.74. The maximum Gasteiger partial charge on any atom is 0.252 e. The average molecular weight is 219 g/mol. The van der Waals surface area contributed by atoms with E-state index in [9.17, 15) is 4.79 Å². The molecule has 0 saturated carbocycles. The number of anilines is 1. The van der Waals surface area contributed by atoms with E-state index < -0.39 is 0 Å². The molecule has 0 aliphatic heterocycles. The zero-order valence-electron chi connectivity index (χ0n) is 8.92. The van der Waals surface area contributed by atoms with Crippen LogP contribution in [0.3, 0.4) is 0 Å². The van der Waals surface area contributed by atoms with Crippen molar-refractivity contribution in [2.24, 2.45) is 0 Å². The SMILES string of the molecule is CC(Cn1ccnc1)Nc1cc(=O)[nH]cn1. The van der Waals surface area contributed by atoms with Crippen molar-refractivity contribution in [1.29, 1.82) is 0 Å². The summed E-state index contributed by atoms with van der Waals surface area (Å²) < 4.78 is 1.96. The van der Waals surface area contributed by atoms with Crippen LogP contribution in [0.15, 0.2) is 35.9 Å². The maximum absolute atomic E-state index is 11.0. The number of H-pyrrole nitrogens is 1. The van der Waals surface area contributed by atoms with Crippen LogP contribution in [0.1, 0.15) is 6.92 Å². The van der Waals surface area contributed by atoms with Gasteiger partial charge in [0.25, 0.3) is 5.56 Å². The number of imidazole rings is 1. The molecule has 1 atom stereocenters. The minimum Gasteiger partial charge on any atom is -0.366 e. The summed E-state index contributed by atoms with van der Waals surface area (Å²) >= 11 is 0. The molecule has 0 aromatic carbocycles. The van der Waals surface area contributed by atoms with E-state index in [-0.39, 0.29) is 11.6 Å². The number of hydrogen-bond donors (Lipinski definition) is 2. The van der Waals surface area contributed by atoms with Gasteiger partial charge < -0.3 is 14.9 Å². The molecule has 6 heteroatoms. The van der Waals surface area contributed by atoms with Crippen LogP contribution in [0.2, 0.25) is 0 Å². The lowest BCUT2D eigenvalue weighted by Gasteiger charge is -2.14. The van der Waals surface area contributed by atoms with Gasteiger partial charge in [0.1, 0.15) is 5.82 Å². The minimum absolute atomic E-state index is 0.160. The van der Waals surface area contributed by atoms with E-state index >= 15 is 0 Å². The predicted octanol–water partition coefficient (Wildman–Crippen LogP) is 0.467. The van der Waals surface area contributed by atoms with E-state index in [0.29, 0.717) is 5.82 Å². The van der Waals surface area contributed by atoms with E-state index in [1.807, 2.05) is 17.7 Å². The fourth-order valence-electron chi connectivity index (χ4n) is 1.46. The van der Waals surface area contributed by atoms with Crippen LogP contribution in [0.4, 0.5) is 5.82 Å². The fourth-order valence-corrected chi connectivity index (χ4v) is 1.46. The molecule has 16 heavy (non-hydrogen) atoms. The molecule has 2 rings (SSSR count). The van der Waals surface area contributed by atoms with Crippen LogP contribution in [0.25, 0.3) is 0 Å². The quantitative estimate of drug-likeness (QED) is 0.783. The number of nitrogens with zero attached hydrogens (tertiary/aromatic N) is 3. The third-order valence-electron chi connectivity index (χ3n) is 2.12. The second-order valence-corrected chi connectivity index (χ2v) is 3.60. The number of hydrogen-bond acceptors (Lipinski definition) is 4. The summed E-state index contributed by atoms with van der Waals surface area (Å²) in [6, 6.07) is 1.60. The number of aromatic nitrogens is 4. The Hall–Kier alpha value is -2.11. The summed E-state index contributed by atoms with van der Waals surface area (Å²) in [5.74, 6) is 0.580. The highest BCUT2D eigenvalue weighted by Crippen LogP contribution is 2.01. The number of rotatable bonds is 4. The lowest BCUT2D eigenvalue weighted by atomic mass is 10.3. The molecule has 0 fully saturated rings. The van der Waals surface area contributed by atoms with Gasteiger partial charge in [0.05, 0.1) is 12.7 Å². The molecule has 2 N–H and O–H groups in total. The molecule has 0 saturated heterocycles. The van der Waals surface area contributed by atoms with E-state index in [0.717, 1.165) is 6.54 Å². The smallest absolute Gasteiger partial charge is 0.252 e. The van der Waals surface area contributed by atoms with Gasteiger partial charge in [0, 0.05) is 31.0 Å². The Bertz CT molecular complexity index is 490. The number of aromatic amines is 1. The molecule has 0 spiro atoms. The Balaban J connectivity index is 1.97. The van der Waals surface area contributed by atoms with E-state index in [4.69, 9.17) is 0 Å². The zero-order valence-corrected chi connectivity index (χ0v) is 8.92. The van der Waals surface area contributed by atoms with Crippen LogP contribution in [0, 0.1) is 0 Å². The molecule has 6 nitrogen and oxygen atoms in total. The first-order valence-electron chi connectivity index (χ1n) is 5.01. The van der Waals surface area contributed by atoms with Crippen LogP contribution >= 0.6 is 0 Å². The van der Waals surface area contributed by atoms with Gasteiger partial charge in [-0.1, -0.05) is 0 Å². The third-order valence-corrected chi connectivity index (χ3v) is 2.12. The summed E-state index contributed by atoms with van der Waals surface area (Å²) in [6.07, 6.45) is 6.76. The van der Waals surface area contributed by atoms with Gasteiger partial charge in [0.15, 0.2) is 0 Å². The van der Waals surface area contributed by atoms with Crippen molar-refractivity contribution in [3.63, 3.8) is 0 Å². The fraction of sp³-hybridized carbons (Fsp3) is 0.300. The molecular formula is C10H13N5O. The van der Waals surface area contributed by atoms with Gasteiger partial charge in [-0.15, -0.1) is 0 Å². The maximum atomic E-state index is 11.0. The molecule has 84 valence electrons. The molecule has 2 aromatic heterocycles. The Labute approximate surface area is 92.4 Å². The Morgan fingerprint density at radius 1 is 1.62 bits per heavy atom. The van der Waals surface area contributed by atoms with Crippen molar-refractivity contribution < 1.29 is 0 Å². The predicted molar refractivity (Wildman–Crippen MR) is 60.2 cm³/mol. The van der Waals surface area contributed by atoms with E-state index in [1.54, 1.807) is 12.5 Å². The van der Waals surface area contributed by atoms with Gasteiger partial charge >= 0.3 is 0 Å². The van der Waals surface area contributed by atoms with E-state index in [1.165, 1.54) is 12.4 Å². The standard InChI is InChI=1S/C10H13N5O/c1-8(5-15-3-2-11-7-15)14-9-4-10(16)13-6-12-9/h2-4,6-8H,5H2,1H3,(H2,12,13,14,16). The van der Waals surface area contributed by atoms with Crippen molar-refractivity contribution in [3.05, 3.63) is 41.5 Å². The molecule has 1 unspecified atom stereocenters. The molecule has 0 aliphatic rings. The minimum atomic E-state index is -0.160. The van der Waals surface area contributed by atoms with Crippen molar-refractivity contribution in [2.75, 3.05) is 5.32 Å². The normalized spacial score (nSPS) is 12.3. The summed E-state index contributed by atoms with van der Waals surface area (Å²) in [4.78, 5) is 21.5. The molecular weight excluding hydrogens is 206 g/mol. The summed E-state index contributed by atoms with van der Waals surface area (Å²) in [6.45, 7) is 2.79. The van der Waals surface area contributed by atoms with E-state index in [2.05, 4.69) is 20.3 Å². The topological polar surface area (TPSA) is 75.6 Å². The highest BCUT2D eigenvalue weighted by Gasteiger charge is 2.03. The Kier molecular flexibility index (Phi) is 3.00. The zero-order chi connectivity index (χ0) is 11.4. The van der Waals surface area contributed by atoms with Crippen molar-refractivity contribution in [1.82, 2.24) is 19.5 Å². The van der Waals surface area contributed by atoms with Crippen molar-refractivity contribution in [2.45, 2.75) is 19.5 Å². The molecule has 0 aliphatic carbocycles. The van der Waals surface area contributed by atoms with Crippen LogP contribution in [-0.4, -0.2) is 25.6 Å². The highest BCUT2D eigenvalue weighted by molar-refractivity contribution is 5.32. The lowest BCUT2D eigenvalue weighted by Crippen LogP contribution is -2.23. The Morgan fingerprint density at radius 3 is 3.19 bits per heavy atom. The Morgan fingerprint density at radius 2 is 2.50 bits per heavy atom. The summed E-state index contributed by atoms with van der Waals surface area (Å²) in [5.41, 5.74) is -0.160. The van der Waals surface area contributed by atoms with Crippen LogP contribution in [-0.2, 0) is 6.54 Å². The second-order valence-electron chi connectivity index (χ2n) is 3.60. The van der Waals surface area contributed by atoms with Crippen molar-refractivity contribution in [3.8, 4) is 0 Å². The van der Waals surface area contributed by atoms with Gasteiger partial charge in [-0.3, -0.25) is 4.79 Å². The first kappa shape index (κ1) is 10.4. The van der Waals surface area contributed by atoms with Gasteiger partial charge in [0.2, 0.25) is 0 Å². The molecule has 0 radical (unpaired) electrons. The largest absolute Gasteiger partial charge is 0.366 e. The van der Waals surface area contributed by atoms with Crippen LogP contribution < -0.4 is 10.9 Å². The molecule has 0 amide bonds. The highest BCUT2D eigenvalue weighted by atomic mass is 16.1. The van der Waals surface area contributed by atoms with Gasteiger partial charge in [-0.2, -0.15) is 0 Å². The monoisotopic (exact) mass is 219 g/mol. The van der Waals surface area contributed by atoms with Crippen molar-refractivity contribution >= 4 is 5.82 Å². The van der Waals surface area contributed by atoms with Crippen LogP contribution in [0.5, 0.6) is 0 Å². The number of nitrogens with one attached hydrogen (secondary N) is 2. The molecule has 2 aromatic rings. The average Bonchev–Trinajstić information content (AvgIpc) is 2.70. The van der Waals surface area contributed by atoms with Gasteiger partial charge in [-0.25, -0.2) is 9.97 Å². The third kappa shape index (κ3) is 2.69. The summed E-state index contributed by atoms with van der Waals surface area (Å²) in [5, 5.41) is 3.14. The second kappa shape index (κ2) is 4.61. The molecule has 0 bridgehead atoms. The lowest BCUT2D eigenvalue weighted by molar-refractivity contribution is 0.617. The van der Waals surface area contributed by atoms with Gasteiger partial charge in [-0.05, 0) is 6.92 Å². The summed E-state index contributed by atoms with van der Waals surface area (Å²) in [7, 11) is 0. The first-order valence-corrected chi connectivity index (χ1v) is 5.01.